The van der Waals surface area contributed by atoms with E-state index in [4.69, 9.17) is 0 Å². The first-order valence-electron chi connectivity index (χ1n) is 14.8. The summed E-state index contributed by atoms with van der Waals surface area (Å²) in [6.07, 6.45) is 4.97. The number of hydrogen-bond donors (Lipinski definition) is 3. The van der Waals surface area contributed by atoms with Gasteiger partial charge in [-0.1, -0.05) is 12.8 Å². The van der Waals surface area contributed by atoms with Gasteiger partial charge in [0.25, 0.3) is 5.91 Å². The Balaban J connectivity index is 1.22. The van der Waals surface area contributed by atoms with E-state index in [2.05, 4.69) is 43.7 Å². The molecule has 43 heavy (non-hydrogen) atoms. The van der Waals surface area contributed by atoms with Crippen molar-refractivity contribution < 1.29 is 22.0 Å². The molecule has 0 spiro atoms. The molecule has 3 aromatic rings. The van der Waals surface area contributed by atoms with Crippen molar-refractivity contribution in [1.82, 2.24) is 24.7 Å². The van der Waals surface area contributed by atoms with Crippen LogP contribution in [-0.2, 0) is 29.5 Å². The predicted octanol–water partition coefficient (Wildman–Crippen LogP) is 3.47. The Morgan fingerprint density at radius 3 is 2.47 bits per heavy atom. The van der Waals surface area contributed by atoms with Crippen LogP contribution in [-0.4, -0.2) is 79.5 Å². The molecule has 10 nitrogen and oxygen atoms in total. The molecule has 1 aromatic heterocycles. The van der Waals surface area contributed by atoms with Gasteiger partial charge in [-0.2, -0.15) is 9.40 Å². The monoisotopic (exact) mass is 613 g/mol. The molecule has 13 heteroatoms. The molecule has 230 valence electrons. The average Bonchev–Trinajstić information content (AvgIpc) is 3.66. The second-order valence-electron chi connectivity index (χ2n) is 11.7. The summed E-state index contributed by atoms with van der Waals surface area (Å²) < 4.78 is 55.3. The van der Waals surface area contributed by atoms with Crippen LogP contribution in [0.3, 0.4) is 0 Å². The Morgan fingerprint density at radius 1 is 1.02 bits per heavy atom. The highest BCUT2D eigenvalue weighted by Crippen LogP contribution is 2.30. The summed E-state index contributed by atoms with van der Waals surface area (Å²) in [6, 6.07) is 8.59. The second kappa shape index (κ2) is 12.3. The Labute approximate surface area is 250 Å². The molecule has 1 saturated carbocycles. The first-order chi connectivity index (χ1) is 20.7. The Hall–Kier alpha value is -3.39. The minimum Gasteiger partial charge on any atom is -0.369 e. The number of likely N-dealkylation sites (N-methyl/N-ethyl adjacent to an activating group) is 1. The van der Waals surface area contributed by atoms with E-state index in [0.717, 1.165) is 66.7 Å². The van der Waals surface area contributed by atoms with Crippen LogP contribution in [0.2, 0.25) is 0 Å². The van der Waals surface area contributed by atoms with Gasteiger partial charge >= 0.3 is 0 Å². The van der Waals surface area contributed by atoms with Gasteiger partial charge in [-0.3, -0.25) is 9.89 Å². The molecule has 1 saturated heterocycles. The van der Waals surface area contributed by atoms with Gasteiger partial charge in [0, 0.05) is 86.9 Å². The van der Waals surface area contributed by atoms with Crippen LogP contribution >= 0.6 is 0 Å². The average molecular weight is 614 g/mol. The molecule has 3 N–H and O–H groups in total. The van der Waals surface area contributed by atoms with E-state index < -0.39 is 26.6 Å². The standard InChI is InChI=1S/C30H37F2N7O3S/c1-37-10-12-38(13-11-37)24-6-7-26(20(14-24)18-33-23-4-2-3-5-23)30(40)34-29-27-19-39(9-8-28(27)35-36-29)43(41,42)25-16-21(31)15-22(32)17-25/h6-7,14-17,23,33H,2-5,8-13,18-19H2,1H3,(H2,34,35,36,40). The smallest absolute Gasteiger partial charge is 0.257 e. The SMILES string of the molecule is CN1CCN(c2ccc(C(=O)Nc3n[nH]c4c3CN(S(=O)(=O)c3cc(F)cc(F)c3)CC4)c(CNC3CCCC3)c2)CC1. The summed E-state index contributed by atoms with van der Waals surface area (Å²) >= 11 is 0. The zero-order valence-corrected chi connectivity index (χ0v) is 25.0. The van der Waals surface area contributed by atoms with Crippen LogP contribution in [0.15, 0.2) is 41.3 Å². The molecule has 1 aliphatic carbocycles. The topological polar surface area (TPSA) is 114 Å². The molecule has 0 atom stereocenters. The minimum atomic E-state index is -4.18. The number of sulfonamides is 1. The number of fused-ring (bicyclic) bond motifs is 1. The fourth-order valence-corrected chi connectivity index (χ4v) is 7.63. The Bertz CT molecular complexity index is 1580. The number of amides is 1. The quantitative estimate of drug-likeness (QED) is 0.357. The number of nitrogens with zero attached hydrogens (tertiary/aromatic N) is 4. The first kappa shape index (κ1) is 29.7. The number of hydrogen-bond acceptors (Lipinski definition) is 7. The van der Waals surface area contributed by atoms with Crippen LogP contribution in [0.5, 0.6) is 0 Å². The number of carbonyl (C=O) groups excluding carboxylic acids is 1. The highest BCUT2D eigenvalue weighted by Gasteiger charge is 2.32. The molecule has 3 heterocycles. The summed E-state index contributed by atoms with van der Waals surface area (Å²) in [7, 11) is -2.07. The highest BCUT2D eigenvalue weighted by molar-refractivity contribution is 7.89. The maximum Gasteiger partial charge on any atom is 0.257 e. The molecule has 2 aliphatic heterocycles. The van der Waals surface area contributed by atoms with E-state index >= 15 is 0 Å². The van der Waals surface area contributed by atoms with Gasteiger partial charge in [-0.05, 0) is 55.8 Å². The van der Waals surface area contributed by atoms with E-state index in [9.17, 15) is 22.0 Å². The summed E-state index contributed by atoms with van der Waals surface area (Å²) in [4.78, 5) is 17.9. The van der Waals surface area contributed by atoms with Crippen molar-refractivity contribution in [3.8, 4) is 0 Å². The lowest BCUT2D eigenvalue weighted by Gasteiger charge is -2.34. The maximum atomic E-state index is 13.8. The summed E-state index contributed by atoms with van der Waals surface area (Å²) in [5, 5.41) is 13.7. The van der Waals surface area contributed by atoms with E-state index in [0.29, 0.717) is 41.9 Å². The van der Waals surface area contributed by atoms with Crippen molar-refractivity contribution in [1.29, 1.82) is 0 Å². The number of carbonyl (C=O) groups is 1. The number of nitrogens with one attached hydrogen (secondary N) is 3. The largest absolute Gasteiger partial charge is 0.369 e. The number of halogens is 2. The highest BCUT2D eigenvalue weighted by atomic mass is 32.2. The number of anilines is 2. The van der Waals surface area contributed by atoms with Crippen LogP contribution in [0.1, 0.15) is 52.9 Å². The number of benzene rings is 2. The molecular weight excluding hydrogens is 576 g/mol. The van der Waals surface area contributed by atoms with Gasteiger partial charge in [0.15, 0.2) is 5.82 Å². The van der Waals surface area contributed by atoms with Crippen LogP contribution in [0.4, 0.5) is 20.3 Å². The molecule has 2 aromatic carbocycles. The van der Waals surface area contributed by atoms with Gasteiger partial charge in [-0.15, -0.1) is 0 Å². The van der Waals surface area contributed by atoms with Crippen molar-refractivity contribution in [2.45, 2.75) is 56.1 Å². The fraction of sp³-hybridized carbons (Fsp3) is 0.467. The number of H-pyrrole nitrogens is 1. The number of aromatic nitrogens is 2. The third-order valence-electron chi connectivity index (χ3n) is 8.74. The maximum absolute atomic E-state index is 13.8. The molecule has 1 amide bonds. The first-order valence-corrected chi connectivity index (χ1v) is 16.2. The van der Waals surface area contributed by atoms with Crippen LogP contribution in [0, 0.1) is 11.6 Å². The lowest BCUT2D eigenvalue weighted by Crippen LogP contribution is -2.44. The number of aromatic amines is 1. The summed E-state index contributed by atoms with van der Waals surface area (Å²) in [5.74, 6) is -2.04. The minimum absolute atomic E-state index is 0.0969. The van der Waals surface area contributed by atoms with Crippen LogP contribution < -0.4 is 15.5 Å². The lowest BCUT2D eigenvalue weighted by atomic mass is 10.0. The molecule has 0 bridgehead atoms. The van der Waals surface area contributed by atoms with Crippen molar-refractivity contribution in [2.24, 2.45) is 0 Å². The molecule has 2 fully saturated rings. The molecule has 6 rings (SSSR count). The van der Waals surface area contributed by atoms with Gasteiger partial charge in [0.05, 0.1) is 4.90 Å². The van der Waals surface area contributed by atoms with E-state index in [1.165, 1.54) is 12.8 Å². The summed E-state index contributed by atoms with van der Waals surface area (Å²) in [5.41, 5.74) is 3.73. The van der Waals surface area contributed by atoms with Crippen molar-refractivity contribution in [3.63, 3.8) is 0 Å². The molecular formula is C30H37F2N7O3S. The summed E-state index contributed by atoms with van der Waals surface area (Å²) in [6.45, 7) is 4.35. The fourth-order valence-electron chi connectivity index (χ4n) is 6.17. The van der Waals surface area contributed by atoms with Crippen LogP contribution in [0.25, 0.3) is 0 Å². The van der Waals surface area contributed by atoms with E-state index in [-0.39, 0.29) is 24.8 Å². The van der Waals surface area contributed by atoms with Crippen molar-refractivity contribution in [3.05, 3.63) is 70.4 Å². The second-order valence-corrected chi connectivity index (χ2v) is 13.6. The van der Waals surface area contributed by atoms with Gasteiger partial charge in [0.1, 0.15) is 11.6 Å². The van der Waals surface area contributed by atoms with Crippen molar-refractivity contribution in [2.75, 3.05) is 50.0 Å². The Morgan fingerprint density at radius 2 is 1.74 bits per heavy atom. The lowest BCUT2D eigenvalue weighted by molar-refractivity contribution is 0.102. The van der Waals surface area contributed by atoms with E-state index in [1.807, 2.05) is 12.1 Å². The third-order valence-corrected chi connectivity index (χ3v) is 10.6. The number of piperazine rings is 1. The van der Waals surface area contributed by atoms with E-state index in [1.54, 1.807) is 0 Å². The zero-order chi connectivity index (χ0) is 30.1. The molecule has 0 unspecified atom stereocenters. The molecule has 0 radical (unpaired) electrons. The van der Waals surface area contributed by atoms with Crippen molar-refractivity contribution >= 4 is 27.4 Å². The third kappa shape index (κ3) is 6.44. The van der Waals surface area contributed by atoms with Gasteiger partial charge < -0.3 is 20.4 Å². The van der Waals surface area contributed by atoms with Gasteiger partial charge in [0.2, 0.25) is 10.0 Å². The zero-order valence-electron chi connectivity index (χ0n) is 24.2. The molecule has 3 aliphatic rings. The predicted molar refractivity (Wildman–Crippen MR) is 159 cm³/mol. The Kier molecular flexibility index (Phi) is 8.49. The number of rotatable bonds is 8. The van der Waals surface area contributed by atoms with Gasteiger partial charge in [-0.25, -0.2) is 17.2 Å². The normalized spacial score (nSPS) is 18.6.